The number of anilines is 1. The number of nitrogens with zero attached hydrogens (tertiary/aromatic N) is 5. The molecule has 17 heteroatoms. The Labute approximate surface area is 298 Å². The maximum Gasteiger partial charge on any atom is 0.410 e. The zero-order chi connectivity index (χ0) is 37.9. The lowest BCUT2D eigenvalue weighted by molar-refractivity contribution is -0.146. The predicted octanol–water partition coefficient (Wildman–Crippen LogP) is 3.54. The monoisotopic (exact) mass is 721 g/mol. The van der Waals surface area contributed by atoms with Gasteiger partial charge < -0.3 is 30.2 Å². The Balaban J connectivity index is 1.73. The van der Waals surface area contributed by atoms with E-state index in [2.05, 4.69) is 15.0 Å². The van der Waals surface area contributed by atoms with Crippen LogP contribution >= 0.6 is 0 Å². The van der Waals surface area contributed by atoms with Crippen molar-refractivity contribution in [3.8, 4) is 0 Å². The number of carboxylic acids is 2. The van der Waals surface area contributed by atoms with Gasteiger partial charge in [-0.15, -0.1) is 0 Å². The van der Waals surface area contributed by atoms with Gasteiger partial charge in [-0.25, -0.2) is 24.2 Å². The van der Waals surface area contributed by atoms with Gasteiger partial charge >= 0.3 is 24.1 Å². The van der Waals surface area contributed by atoms with Crippen LogP contribution in [-0.4, -0.2) is 94.9 Å². The molecular formula is C35H43N7O10. The molecule has 2 atom stereocenters. The summed E-state index contributed by atoms with van der Waals surface area (Å²) in [5.74, 6) is -4.07. The van der Waals surface area contributed by atoms with Crippen molar-refractivity contribution >= 4 is 41.2 Å². The highest BCUT2D eigenvalue weighted by atomic mass is 16.6. The first-order valence-corrected chi connectivity index (χ1v) is 16.5. The molecule has 4 aromatic rings. The number of carboxylic acid groups (broad SMARTS) is 2. The lowest BCUT2D eigenvalue weighted by atomic mass is 10.0. The van der Waals surface area contributed by atoms with E-state index in [9.17, 15) is 34.2 Å². The maximum atomic E-state index is 13.7. The Hall–Kier alpha value is -5.97. The van der Waals surface area contributed by atoms with Crippen LogP contribution in [0, 0.1) is 11.8 Å². The second-order valence-electron chi connectivity index (χ2n) is 12.7. The van der Waals surface area contributed by atoms with Crippen LogP contribution < -0.4 is 11.3 Å². The molecule has 0 unspecified atom stereocenters. The van der Waals surface area contributed by atoms with Gasteiger partial charge in [-0.05, 0) is 23.0 Å². The molecule has 2 heterocycles. The molecule has 278 valence electrons. The molecule has 52 heavy (non-hydrogen) atoms. The van der Waals surface area contributed by atoms with Crippen LogP contribution in [0.25, 0.3) is 11.2 Å². The number of fused-ring (bicyclic) bond motifs is 1. The lowest BCUT2D eigenvalue weighted by Gasteiger charge is -2.37. The lowest BCUT2D eigenvalue weighted by Crippen LogP contribution is -2.56. The van der Waals surface area contributed by atoms with E-state index in [0.717, 1.165) is 9.80 Å². The van der Waals surface area contributed by atoms with Gasteiger partial charge in [-0.1, -0.05) is 88.4 Å². The topological polar surface area (TPSA) is 232 Å². The first-order valence-electron chi connectivity index (χ1n) is 16.5. The number of carbonyl (C=O) groups excluding carboxylic acids is 2. The summed E-state index contributed by atoms with van der Waals surface area (Å²) in [6.45, 7) is 4.80. The molecule has 0 radical (unpaired) electrons. The van der Waals surface area contributed by atoms with Gasteiger partial charge in [0.05, 0.1) is 25.5 Å². The highest BCUT2D eigenvalue weighted by Gasteiger charge is 2.39. The van der Waals surface area contributed by atoms with Crippen LogP contribution in [0.15, 0.2) is 71.8 Å². The van der Waals surface area contributed by atoms with Crippen molar-refractivity contribution in [2.24, 2.45) is 11.8 Å². The van der Waals surface area contributed by atoms with E-state index < -0.39 is 72.8 Å². The van der Waals surface area contributed by atoms with Gasteiger partial charge in [-0.2, -0.15) is 4.98 Å². The Morgan fingerprint density at radius 3 is 1.69 bits per heavy atom. The molecule has 17 nitrogen and oxygen atoms in total. The summed E-state index contributed by atoms with van der Waals surface area (Å²) < 4.78 is 18.7. The Morgan fingerprint density at radius 2 is 1.27 bits per heavy atom. The maximum absolute atomic E-state index is 13.7. The van der Waals surface area contributed by atoms with Crippen LogP contribution in [0.1, 0.15) is 38.8 Å². The second kappa shape index (κ2) is 17.8. The summed E-state index contributed by atoms with van der Waals surface area (Å²) in [6.07, 6.45) is -1.95. The highest BCUT2D eigenvalue weighted by Crippen LogP contribution is 2.21. The second-order valence-corrected chi connectivity index (χ2v) is 12.7. The number of nitrogen functional groups attached to an aromatic ring is 1. The smallest absolute Gasteiger partial charge is 0.410 e. The number of hydrogen-bond donors (Lipinski definition) is 4. The van der Waals surface area contributed by atoms with Crippen molar-refractivity contribution < 1.29 is 43.6 Å². The number of rotatable bonds is 17. The number of hydrogen-bond acceptors (Lipinski definition) is 11. The summed E-state index contributed by atoms with van der Waals surface area (Å²) >= 11 is 0. The van der Waals surface area contributed by atoms with Crippen molar-refractivity contribution in [2.45, 2.75) is 65.8 Å². The minimum Gasteiger partial charge on any atom is -0.480 e. The van der Waals surface area contributed by atoms with Gasteiger partial charge in [0.1, 0.15) is 32.0 Å². The average molecular weight is 722 g/mol. The number of nitrogens with two attached hydrogens (primary N) is 1. The van der Waals surface area contributed by atoms with E-state index in [0.29, 0.717) is 11.1 Å². The van der Waals surface area contributed by atoms with Crippen molar-refractivity contribution in [2.75, 3.05) is 18.8 Å². The summed E-state index contributed by atoms with van der Waals surface area (Å²) in [5.41, 5.74) is 6.49. The van der Waals surface area contributed by atoms with Crippen LogP contribution in [0.3, 0.4) is 0 Å². The molecule has 0 aliphatic heterocycles. The third-order valence-corrected chi connectivity index (χ3v) is 8.06. The molecule has 0 bridgehead atoms. The third kappa shape index (κ3) is 10.1. The third-order valence-electron chi connectivity index (χ3n) is 8.06. The molecule has 5 N–H and O–H groups in total. The summed E-state index contributed by atoms with van der Waals surface area (Å²) in [5, 5.41) is 20.6. The minimum absolute atomic E-state index is 0.0388. The van der Waals surface area contributed by atoms with Gasteiger partial charge in [0.25, 0.3) is 5.56 Å². The van der Waals surface area contributed by atoms with E-state index in [1.807, 2.05) is 0 Å². The summed E-state index contributed by atoms with van der Waals surface area (Å²) in [4.78, 5) is 77.6. The SMILES string of the molecule is CC(C)[C@@H](C(=O)O)N(CC(CN(C(=O)OCc1ccccc1)[C@H](C(=O)O)C(C)C)OCn1cnc2c(=O)[nH]c(N)nc21)C(=O)OCc1ccccc1. The van der Waals surface area contributed by atoms with E-state index in [4.69, 9.17) is 19.9 Å². The fourth-order valence-electron chi connectivity index (χ4n) is 5.62. The zero-order valence-electron chi connectivity index (χ0n) is 29.2. The van der Waals surface area contributed by atoms with Crippen molar-refractivity contribution in [3.05, 3.63) is 88.5 Å². The molecule has 0 aliphatic carbocycles. The Morgan fingerprint density at radius 1 is 0.808 bits per heavy atom. The average Bonchev–Trinajstić information content (AvgIpc) is 3.50. The van der Waals surface area contributed by atoms with Crippen LogP contribution in [0.5, 0.6) is 0 Å². The fraction of sp³-hybridized carbons (Fsp3) is 0.400. The molecule has 0 saturated heterocycles. The molecule has 4 rings (SSSR count). The first-order chi connectivity index (χ1) is 24.8. The number of imidazole rings is 1. The highest BCUT2D eigenvalue weighted by molar-refractivity contribution is 5.81. The molecule has 2 amide bonds. The van der Waals surface area contributed by atoms with Gasteiger partial charge in [-0.3, -0.25) is 24.1 Å². The number of nitrogens with one attached hydrogen (secondary N) is 1. The zero-order valence-corrected chi connectivity index (χ0v) is 29.2. The number of benzene rings is 2. The Bertz CT molecular complexity index is 1790. The van der Waals surface area contributed by atoms with Crippen molar-refractivity contribution in [1.29, 1.82) is 0 Å². The van der Waals surface area contributed by atoms with E-state index in [1.54, 1.807) is 88.4 Å². The number of aromatic nitrogens is 4. The van der Waals surface area contributed by atoms with Gasteiger partial charge in [0.2, 0.25) is 5.95 Å². The molecule has 0 fully saturated rings. The Kier molecular flexibility index (Phi) is 13.3. The normalized spacial score (nSPS) is 12.5. The van der Waals surface area contributed by atoms with Gasteiger partial charge in [0.15, 0.2) is 11.2 Å². The van der Waals surface area contributed by atoms with E-state index in [1.165, 1.54) is 10.9 Å². The number of amides is 2. The standard InChI is InChI=1S/C35H43N7O10/c1-21(2)27(31(44)45)41(34(48)50-17-23-11-7-5-8-12-23)15-25(52-20-40-19-37-26-29(40)38-33(36)39-30(26)43)16-42(28(22(3)4)32(46)47)35(49)51-18-24-13-9-6-10-14-24/h5-14,19,21-22,25,27-28H,15-18,20H2,1-4H3,(H,44,45)(H,46,47)(H3,36,38,39,43)/t27-,28-/m0/s1. The minimum atomic E-state index is -1.41. The molecular weight excluding hydrogens is 678 g/mol. The molecule has 0 spiro atoms. The number of H-pyrrole nitrogens is 1. The predicted molar refractivity (Wildman–Crippen MR) is 187 cm³/mol. The quantitative estimate of drug-likeness (QED) is 0.122. The van der Waals surface area contributed by atoms with E-state index in [-0.39, 0.29) is 37.1 Å². The van der Waals surface area contributed by atoms with E-state index >= 15 is 0 Å². The summed E-state index contributed by atoms with van der Waals surface area (Å²) in [7, 11) is 0. The number of carbonyl (C=O) groups is 4. The van der Waals surface area contributed by atoms with Crippen LogP contribution in [0.2, 0.25) is 0 Å². The van der Waals surface area contributed by atoms with Crippen molar-refractivity contribution in [1.82, 2.24) is 29.3 Å². The molecule has 0 saturated carbocycles. The number of aliphatic carboxylic acids is 2. The summed E-state index contributed by atoms with van der Waals surface area (Å²) in [6, 6.07) is 14.7. The largest absolute Gasteiger partial charge is 0.480 e. The first kappa shape index (κ1) is 38.8. The van der Waals surface area contributed by atoms with Crippen LogP contribution in [-0.2, 0) is 43.7 Å². The van der Waals surface area contributed by atoms with Crippen molar-refractivity contribution in [3.63, 3.8) is 0 Å². The van der Waals surface area contributed by atoms with Gasteiger partial charge in [0, 0.05) is 0 Å². The number of aromatic amines is 1. The fourth-order valence-corrected chi connectivity index (χ4v) is 5.62. The molecule has 2 aromatic heterocycles. The molecule has 2 aromatic carbocycles. The number of ether oxygens (including phenoxy) is 3. The molecule has 0 aliphatic rings. The van der Waals surface area contributed by atoms with Crippen LogP contribution in [0.4, 0.5) is 15.5 Å².